The molecule has 12 aromatic rings. The molecule has 300 valence electrons. The maximum Gasteiger partial charge on any atom is 0.211 e. The first kappa shape index (κ1) is 36.5. The SMILES string of the molecule is O=S1(=O)c2c(-c3ccc(-c4ccc5c(-c6ccc7ccccc7c6)c6ccccc6c(-c6ccc7ccccc7c6)c5c4)cc3)cccc2-n2c(-c3ccccc3)nc3cccc1c32. The Hall–Kier alpha value is -8.12. The van der Waals surface area contributed by atoms with E-state index in [9.17, 15) is 8.42 Å². The number of hydrogen-bond acceptors (Lipinski definition) is 3. The summed E-state index contributed by atoms with van der Waals surface area (Å²) in [4.78, 5) is 5.53. The molecule has 0 saturated heterocycles. The van der Waals surface area contributed by atoms with Gasteiger partial charge in [0.15, 0.2) is 0 Å². The van der Waals surface area contributed by atoms with Crippen LogP contribution in [0.25, 0.3) is 116 Å². The molecule has 11 aromatic carbocycles. The topological polar surface area (TPSA) is 52.0 Å². The van der Waals surface area contributed by atoms with Crippen LogP contribution < -0.4 is 0 Å². The lowest BCUT2D eigenvalue weighted by Gasteiger charge is -2.23. The molecule has 13 rings (SSSR count). The molecular formula is C59H36N2O2S. The molecule has 0 fully saturated rings. The summed E-state index contributed by atoms with van der Waals surface area (Å²) in [5.41, 5.74) is 11.1. The van der Waals surface area contributed by atoms with Crippen LogP contribution in [0, 0.1) is 0 Å². The van der Waals surface area contributed by atoms with Gasteiger partial charge in [0.2, 0.25) is 9.84 Å². The Balaban J connectivity index is 0.995. The molecule has 0 N–H and O–H groups in total. The van der Waals surface area contributed by atoms with Crippen LogP contribution in [0.15, 0.2) is 228 Å². The van der Waals surface area contributed by atoms with Gasteiger partial charge >= 0.3 is 0 Å². The third kappa shape index (κ3) is 5.48. The predicted octanol–water partition coefficient (Wildman–Crippen LogP) is 15.1. The predicted molar refractivity (Wildman–Crippen MR) is 264 cm³/mol. The number of hydrogen-bond donors (Lipinski definition) is 0. The van der Waals surface area contributed by atoms with E-state index in [0.29, 0.717) is 28.1 Å². The molecule has 4 nitrogen and oxygen atoms in total. The fourth-order valence-electron chi connectivity index (χ4n) is 10.2. The van der Waals surface area contributed by atoms with Crippen molar-refractivity contribution in [3.05, 3.63) is 218 Å². The summed E-state index contributed by atoms with van der Waals surface area (Å²) < 4.78 is 31.4. The second-order valence-electron chi connectivity index (χ2n) is 16.7. The first-order valence-electron chi connectivity index (χ1n) is 21.5. The van der Waals surface area contributed by atoms with Gasteiger partial charge in [-0.2, -0.15) is 0 Å². The van der Waals surface area contributed by atoms with Crippen molar-refractivity contribution in [1.82, 2.24) is 9.55 Å². The van der Waals surface area contributed by atoms with Crippen molar-refractivity contribution in [2.24, 2.45) is 0 Å². The highest BCUT2D eigenvalue weighted by molar-refractivity contribution is 7.92. The molecular weight excluding hydrogens is 801 g/mol. The van der Waals surface area contributed by atoms with Crippen LogP contribution in [-0.4, -0.2) is 18.0 Å². The highest BCUT2D eigenvalue weighted by atomic mass is 32.2. The number of sulfone groups is 1. The van der Waals surface area contributed by atoms with Crippen LogP contribution in [0.1, 0.15) is 0 Å². The van der Waals surface area contributed by atoms with Crippen LogP contribution in [-0.2, 0) is 9.84 Å². The van der Waals surface area contributed by atoms with Crippen LogP contribution >= 0.6 is 0 Å². The highest BCUT2D eigenvalue weighted by Gasteiger charge is 2.36. The van der Waals surface area contributed by atoms with Crippen molar-refractivity contribution in [2.75, 3.05) is 0 Å². The van der Waals surface area contributed by atoms with Crippen LogP contribution in [0.5, 0.6) is 0 Å². The zero-order valence-corrected chi connectivity index (χ0v) is 35.2. The lowest BCUT2D eigenvalue weighted by atomic mass is 9.84. The number of benzene rings is 11. The van der Waals surface area contributed by atoms with E-state index in [4.69, 9.17) is 4.98 Å². The lowest BCUT2D eigenvalue weighted by molar-refractivity contribution is 0.595. The minimum absolute atomic E-state index is 0.269. The normalized spacial score (nSPS) is 12.9. The minimum atomic E-state index is -3.91. The van der Waals surface area contributed by atoms with Crippen LogP contribution in [0.3, 0.4) is 0 Å². The van der Waals surface area contributed by atoms with Crippen LogP contribution in [0.4, 0.5) is 0 Å². The molecule has 0 radical (unpaired) electrons. The van der Waals surface area contributed by atoms with E-state index in [1.807, 2.05) is 59.2 Å². The van der Waals surface area contributed by atoms with Gasteiger partial charge in [0.1, 0.15) is 10.7 Å². The van der Waals surface area contributed by atoms with Crippen molar-refractivity contribution in [3.63, 3.8) is 0 Å². The largest absolute Gasteiger partial charge is 0.290 e. The van der Waals surface area contributed by atoms with Crippen LogP contribution in [0.2, 0.25) is 0 Å². The number of fused-ring (bicyclic) bond motifs is 6. The van der Waals surface area contributed by atoms with E-state index < -0.39 is 9.84 Å². The molecule has 0 unspecified atom stereocenters. The molecule has 0 amide bonds. The number of nitrogens with zero attached hydrogens (tertiary/aromatic N) is 2. The van der Waals surface area contributed by atoms with E-state index in [0.717, 1.165) is 22.3 Å². The molecule has 0 atom stereocenters. The highest BCUT2D eigenvalue weighted by Crippen LogP contribution is 2.48. The third-order valence-electron chi connectivity index (χ3n) is 13.1. The summed E-state index contributed by atoms with van der Waals surface area (Å²) in [6.45, 7) is 0. The van der Waals surface area contributed by atoms with Gasteiger partial charge < -0.3 is 0 Å². The van der Waals surface area contributed by atoms with Gasteiger partial charge in [0.05, 0.1) is 21.6 Å². The van der Waals surface area contributed by atoms with E-state index in [-0.39, 0.29) is 9.79 Å². The van der Waals surface area contributed by atoms with Crippen molar-refractivity contribution < 1.29 is 8.42 Å². The Labute approximate surface area is 369 Å². The second-order valence-corrected chi connectivity index (χ2v) is 18.5. The van der Waals surface area contributed by atoms with Gasteiger partial charge in [-0.3, -0.25) is 4.57 Å². The van der Waals surface area contributed by atoms with Crippen molar-refractivity contribution in [2.45, 2.75) is 9.79 Å². The summed E-state index contributed by atoms with van der Waals surface area (Å²) in [6, 6.07) is 75.8. The average molecular weight is 837 g/mol. The van der Waals surface area contributed by atoms with Gasteiger partial charge in [-0.05, 0) is 118 Å². The molecule has 64 heavy (non-hydrogen) atoms. The Morgan fingerprint density at radius 3 is 1.61 bits per heavy atom. The third-order valence-corrected chi connectivity index (χ3v) is 15.0. The summed E-state index contributed by atoms with van der Waals surface area (Å²) in [6.07, 6.45) is 0. The molecule has 0 aliphatic carbocycles. The second kappa shape index (κ2) is 13.9. The quantitative estimate of drug-likeness (QED) is 0.162. The molecule has 1 aliphatic heterocycles. The Morgan fingerprint density at radius 2 is 0.922 bits per heavy atom. The zero-order valence-electron chi connectivity index (χ0n) is 34.4. The Kier molecular flexibility index (Phi) is 7.96. The molecule has 1 aromatic heterocycles. The molecule has 2 heterocycles. The first-order chi connectivity index (χ1) is 31.5. The van der Waals surface area contributed by atoms with Gasteiger partial charge in [-0.25, -0.2) is 13.4 Å². The molecule has 5 heteroatoms. The Bertz CT molecular complexity index is 4020. The van der Waals surface area contributed by atoms with E-state index >= 15 is 0 Å². The number of imidazole rings is 1. The van der Waals surface area contributed by atoms with E-state index in [2.05, 4.69) is 152 Å². The molecule has 1 aliphatic rings. The monoisotopic (exact) mass is 836 g/mol. The molecule has 0 spiro atoms. The standard InChI is InChI=1S/C59H36N2O2S/c62-64(63)54-23-11-21-52-57(54)61(59(60-52)41-14-2-1-3-15-41)53-22-10-20-47(58(53)64)40-28-24-39(25-29-40)44-32-33-50-51(36-44)56(46-31-27-38-13-5-7-17-43(38)35-46)49-19-9-8-18-48(49)55(50)45-30-26-37-12-4-6-16-42(37)34-45/h1-36H. The fourth-order valence-corrected chi connectivity index (χ4v) is 12.0. The van der Waals surface area contributed by atoms with Gasteiger partial charge in [-0.1, -0.05) is 182 Å². The van der Waals surface area contributed by atoms with Crippen molar-refractivity contribution in [1.29, 1.82) is 0 Å². The lowest BCUT2D eigenvalue weighted by Crippen LogP contribution is -2.16. The first-order valence-corrected chi connectivity index (χ1v) is 23.0. The van der Waals surface area contributed by atoms with E-state index in [1.165, 1.54) is 65.3 Å². The summed E-state index contributed by atoms with van der Waals surface area (Å²) in [5, 5.41) is 9.59. The Morgan fingerprint density at radius 1 is 0.375 bits per heavy atom. The zero-order chi connectivity index (χ0) is 42.5. The number of aromatic nitrogens is 2. The summed E-state index contributed by atoms with van der Waals surface area (Å²) in [7, 11) is -3.91. The molecule has 0 saturated carbocycles. The van der Waals surface area contributed by atoms with Gasteiger partial charge in [0.25, 0.3) is 0 Å². The van der Waals surface area contributed by atoms with Gasteiger partial charge in [-0.15, -0.1) is 0 Å². The smallest absolute Gasteiger partial charge is 0.211 e. The fraction of sp³-hybridized carbons (Fsp3) is 0. The number of para-hydroxylation sites is 1. The van der Waals surface area contributed by atoms with Gasteiger partial charge in [0, 0.05) is 11.1 Å². The maximum atomic E-state index is 14.7. The van der Waals surface area contributed by atoms with E-state index in [1.54, 1.807) is 12.1 Å². The summed E-state index contributed by atoms with van der Waals surface area (Å²) >= 11 is 0. The summed E-state index contributed by atoms with van der Waals surface area (Å²) in [5.74, 6) is 0.711. The minimum Gasteiger partial charge on any atom is -0.290 e. The molecule has 0 bridgehead atoms. The average Bonchev–Trinajstić information content (AvgIpc) is 3.75. The van der Waals surface area contributed by atoms with Crippen molar-refractivity contribution >= 4 is 64.0 Å². The van der Waals surface area contributed by atoms with Crippen molar-refractivity contribution in [3.8, 4) is 61.6 Å². The maximum absolute atomic E-state index is 14.7. The number of rotatable bonds is 5.